The maximum atomic E-state index is 12.2. The lowest BCUT2D eigenvalue weighted by Crippen LogP contribution is -2.12. The molecule has 0 aliphatic heterocycles. The van der Waals surface area contributed by atoms with Crippen molar-refractivity contribution < 1.29 is 14.7 Å². The summed E-state index contributed by atoms with van der Waals surface area (Å²) in [4.78, 5) is 22.9. The maximum absolute atomic E-state index is 12.2. The topological polar surface area (TPSA) is 66.4 Å². The van der Waals surface area contributed by atoms with E-state index in [1.807, 2.05) is 13.0 Å². The second-order valence-corrected chi connectivity index (χ2v) is 5.54. The minimum absolute atomic E-state index is 0.0697. The number of carboxylic acid groups (broad SMARTS) is 1. The zero-order chi connectivity index (χ0) is 15.4. The Labute approximate surface area is 130 Å². The van der Waals surface area contributed by atoms with Crippen molar-refractivity contribution in [2.45, 2.75) is 13.3 Å². The average Bonchev–Trinajstić information content (AvgIpc) is 2.41. The highest BCUT2D eigenvalue weighted by Crippen LogP contribution is 2.19. The van der Waals surface area contributed by atoms with Gasteiger partial charge in [0.05, 0.1) is 6.42 Å². The molecule has 2 rings (SSSR count). The van der Waals surface area contributed by atoms with Crippen LogP contribution in [0.1, 0.15) is 21.5 Å². The molecule has 2 aromatic carbocycles. The van der Waals surface area contributed by atoms with Crippen LogP contribution in [0.25, 0.3) is 0 Å². The van der Waals surface area contributed by atoms with E-state index in [1.165, 1.54) is 0 Å². The molecule has 0 aliphatic rings. The van der Waals surface area contributed by atoms with Crippen LogP contribution in [0.3, 0.4) is 0 Å². The molecular formula is C16H14BrNO3. The Kier molecular flexibility index (Phi) is 4.75. The molecule has 4 nitrogen and oxygen atoms in total. The van der Waals surface area contributed by atoms with Crippen LogP contribution in [0.15, 0.2) is 46.9 Å². The van der Waals surface area contributed by atoms with E-state index in [1.54, 1.807) is 36.4 Å². The fourth-order valence-corrected chi connectivity index (χ4v) is 2.25. The molecule has 0 saturated heterocycles. The van der Waals surface area contributed by atoms with Crippen LogP contribution in [-0.4, -0.2) is 17.0 Å². The fraction of sp³-hybridized carbons (Fsp3) is 0.125. The molecule has 2 N–H and O–H groups in total. The number of rotatable bonds is 4. The number of halogens is 1. The predicted octanol–water partition coefficient (Wildman–Crippen LogP) is 3.64. The van der Waals surface area contributed by atoms with E-state index >= 15 is 0 Å². The summed E-state index contributed by atoms with van der Waals surface area (Å²) in [5.41, 5.74) is 2.81. The van der Waals surface area contributed by atoms with Crippen LogP contribution in [0.4, 0.5) is 5.69 Å². The zero-order valence-electron chi connectivity index (χ0n) is 11.4. The first-order valence-corrected chi connectivity index (χ1v) is 7.13. The van der Waals surface area contributed by atoms with Crippen LogP contribution >= 0.6 is 15.9 Å². The van der Waals surface area contributed by atoms with Gasteiger partial charge < -0.3 is 10.4 Å². The Hall–Kier alpha value is -2.14. The van der Waals surface area contributed by atoms with Crippen molar-refractivity contribution in [1.29, 1.82) is 0 Å². The number of aliphatic carboxylic acids is 1. The SMILES string of the molecule is Cc1ccc(C(=O)Nc2cccc(CC(=O)O)c2)cc1Br. The number of carbonyl (C=O) groups excluding carboxylic acids is 1. The third kappa shape index (κ3) is 4.16. The molecule has 0 saturated carbocycles. The molecular weight excluding hydrogens is 334 g/mol. The van der Waals surface area contributed by atoms with Crippen molar-refractivity contribution >= 4 is 33.5 Å². The van der Waals surface area contributed by atoms with E-state index in [9.17, 15) is 9.59 Å². The Morgan fingerprint density at radius 1 is 1.19 bits per heavy atom. The third-order valence-electron chi connectivity index (χ3n) is 2.97. The smallest absolute Gasteiger partial charge is 0.307 e. The van der Waals surface area contributed by atoms with Gasteiger partial charge in [0, 0.05) is 15.7 Å². The number of anilines is 1. The lowest BCUT2D eigenvalue weighted by atomic mass is 10.1. The number of hydrogen-bond donors (Lipinski definition) is 2. The highest BCUT2D eigenvalue weighted by Gasteiger charge is 2.08. The number of amides is 1. The standard InChI is InChI=1S/C16H14BrNO3/c1-10-5-6-12(9-14(10)17)16(21)18-13-4-2-3-11(7-13)8-15(19)20/h2-7,9H,8H2,1H3,(H,18,21)(H,19,20). The van der Waals surface area contributed by atoms with Crippen LogP contribution in [-0.2, 0) is 11.2 Å². The van der Waals surface area contributed by atoms with Gasteiger partial charge in [-0.1, -0.05) is 34.1 Å². The van der Waals surface area contributed by atoms with Gasteiger partial charge in [0.15, 0.2) is 0 Å². The molecule has 0 unspecified atom stereocenters. The number of benzene rings is 2. The summed E-state index contributed by atoms with van der Waals surface area (Å²) >= 11 is 3.39. The predicted molar refractivity (Wildman–Crippen MR) is 84.6 cm³/mol. The Morgan fingerprint density at radius 2 is 1.95 bits per heavy atom. The van der Waals surface area contributed by atoms with E-state index in [0.29, 0.717) is 16.8 Å². The van der Waals surface area contributed by atoms with E-state index in [2.05, 4.69) is 21.2 Å². The molecule has 0 aliphatic carbocycles. The molecule has 21 heavy (non-hydrogen) atoms. The minimum Gasteiger partial charge on any atom is -0.481 e. The van der Waals surface area contributed by atoms with E-state index in [-0.39, 0.29) is 12.3 Å². The first-order chi connectivity index (χ1) is 9.95. The number of carbonyl (C=O) groups is 2. The molecule has 0 heterocycles. The van der Waals surface area contributed by atoms with Crippen molar-refractivity contribution in [3.8, 4) is 0 Å². The van der Waals surface area contributed by atoms with Crippen LogP contribution in [0.2, 0.25) is 0 Å². The van der Waals surface area contributed by atoms with Crippen molar-refractivity contribution in [3.05, 3.63) is 63.6 Å². The van der Waals surface area contributed by atoms with Gasteiger partial charge in [0.2, 0.25) is 0 Å². The highest BCUT2D eigenvalue weighted by molar-refractivity contribution is 9.10. The average molecular weight is 348 g/mol. The molecule has 0 aromatic heterocycles. The summed E-state index contributed by atoms with van der Waals surface area (Å²) in [6.07, 6.45) is -0.0697. The molecule has 1 amide bonds. The molecule has 2 aromatic rings. The van der Waals surface area contributed by atoms with Crippen molar-refractivity contribution in [2.24, 2.45) is 0 Å². The number of carboxylic acids is 1. The first kappa shape index (κ1) is 15.3. The molecule has 0 bridgehead atoms. The fourth-order valence-electron chi connectivity index (χ4n) is 1.87. The number of nitrogens with one attached hydrogen (secondary N) is 1. The Morgan fingerprint density at radius 3 is 2.62 bits per heavy atom. The first-order valence-electron chi connectivity index (χ1n) is 6.34. The summed E-state index contributed by atoms with van der Waals surface area (Å²) in [7, 11) is 0. The van der Waals surface area contributed by atoms with Gasteiger partial charge in [0.25, 0.3) is 5.91 Å². The van der Waals surface area contributed by atoms with Gasteiger partial charge >= 0.3 is 5.97 Å². The zero-order valence-corrected chi connectivity index (χ0v) is 13.0. The molecule has 108 valence electrons. The van der Waals surface area contributed by atoms with Crippen molar-refractivity contribution in [2.75, 3.05) is 5.32 Å². The second kappa shape index (κ2) is 6.54. The van der Waals surface area contributed by atoms with Gasteiger partial charge in [-0.15, -0.1) is 0 Å². The van der Waals surface area contributed by atoms with Crippen molar-refractivity contribution in [1.82, 2.24) is 0 Å². The Bertz CT molecular complexity index is 698. The molecule has 5 heteroatoms. The van der Waals surface area contributed by atoms with E-state index in [4.69, 9.17) is 5.11 Å². The quantitative estimate of drug-likeness (QED) is 0.887. The molecule has 0 radical (unpaired) electrons. The number of hydrogen-bond acceptors (Lipinski definition) is 2. The van der Waals surface area contributed by atoms with Gasteiger partial charge in [0.1, 0.15) is 0 Å². The second-order valence-electron chi connectivity index (χ2n) is 4.69. The summed E-state index contributed by atoms with van der Waals surface area (Å²) in [6, 6.07) is 12.2. The minimum atomic E-state index is -0.902. The van der Waals surface area contributed by atoms with E-state index < -0.39 is 5.97 Å². The van der Waals surface area contributed by atoms with E-state index in [0.717, 1.165) is 10.0 Å². The molecule has 0 spiro atoms. The maximum Gasteiger partial charge on any atom is 0.307 e. The monoisotopic (exact) mass is 347 g/mol. The summed E-state index contributed by atoms with van der Waals surface area (Å²) < 4.78 is 0.870. The highest BCUT2D eigenvalue weighted by atomic mass is 79.9. The third-order valence-corrected chi connectivity index (χ3v) is 3.83. The molecule has 0 fully saturated rings. The number of aryl methyl sites for hydroxylation is 1. The summed E-state index contributed by atoms with van der Waals surface area (Å²) in [5.74, 6) is -1.14. The summed E-state index contributed by atoms with van der Waals surface area (Å²) in [6.45, 7) is 1.95. The molecule has 0 atom stereocenters. The Balaban J connectivity index is 2.15. The summed E-state index contributed by atoms with van der Waals surface area (Å²) in [5, 5.41) is 11.5. The van der Waals surface area contributed by atoms with Crippen LogP contribution in [0, 0.1) is 6.92 Å². The van der Waals surface area contributed by atoms with Gasteiger partial charge in [-0.05, 0) is 42.3 Å². The van der Waals surface area contributed by atoms with Gasteiger partial charge in [-0.25, -0.2) is 0 Å². The lowest BCUT2D eigenvalue weighted by molar-refractivity contribution is -0.136. The lowest BCUT2D eigenvalue weighted by Gasteiger charge is -2.08. The van der Waals surface area contributed by atoms with Crippen LogP contribution in [0.5, 0.6) is 0 Å². The van der Waals surface area contributed by atoms with Gasteiger partial charge in [-0.3, -0.25) is 9.59 Å². The normalized spacial score (nSPS) is 10.2. The van der Waals surface area contributed by atoms with Crippen LogP contribution < -0.4 is 5.32 Å². The largest absolute Gasteiger partial charge is 0.481 e. The van der Waals surface area contributed by atoms with Gasteiger partial charge in [-0.2, -0.15) is 0 Å². The van der Waals surface area contributed by atoms with Crippen molar-refractivity contribution in [3.63, 3.8) is 0 Å².